The molecule has 1 rings (SSSR count). The maximum absolute atomic E-state index is 9.79. The van der Waals surface area contributed by atoms with Crippen LogP contribution in [0.3, 0.4) is 0 Å². The van der Waals surface area contributed by atoms with Gasteiger partial charge in [-0.05, 0) is 32.1 Å². The number of rotatable bonds is 5. The van der Waals surface area contributed by atoms with Crippen LogP contribution in [-0.2, 0) is 0 Å². The van der Waals surface area contributed by atoms with E-state index >= 15 is 0 Å². The number of aliphatic hydroxyl groups excluding tert-OH is 1. The van der Waals surface area contributed by atoms with Crippen molar-refractivity contribution < 1.29 is 5.11 Å². The van der Waals surface area contributed by atoms with Crippen molar-refractivity contribution in [1.82, 2.24) is 15.0 Å². The lowest BCUT2D eigenvalue weighted by molar-refractivity contribution is 0.426. The van der Waals surface area contributed by atoms with Crippen LogP contribution < -0.4 is 0 Å². The predicted octanol–water partition coefficient (Wildman–Crippen LogP) is 3.27. The number of nitrogens with zero attached hydrogens (tertiary/aromatic N) is 3. The molecule has 0 saturated carbocycles. The van der Waals surface area contributed by atoms with Crippen LogP contribution in [0.1, 0.15) is 18.3 Å². The van der Waals surface area contributed by atoms with Crippen LogP contribution in [0.2, 0.25) is 0 Å². The molecule has 0 bridgehead atoms. The summed E-state index contributed by atoms with van der Waals surface area (Å²) in [4.78, 5) is 1.38. The van der Waals surface area contributed by atoms with E-state index in [1.807, 2.05) is 13.0 Å². The van der Waals surface area contributed by atoms with Crippen LogP contribution in [0.5, 0.6) is 0 Å². The van der Waals surface area contributed by atoms with Crippen molar-refractivity contribution in [2.24, 2.45) is 0 Å². The zero-order valence-electron chi connectivity index (χ0n) is 10.7. The Morgan fingerprint density at radius 3 is 2.56 bits per heavy atom. The maximum atomic E-state index is 9.79. The van der Waals surface area contributed by atoms with Crippen molar-refractivity contribution >= 4 is 11.8 Å². The summed E-state index contributed by atoms with van der Waals surface area (Å²) in [5.74, 6) is 0.101. The summed E-state index contributed by atoms with van der Waals surface area (Å²) in [7, 11) is 0. The molecule has 18 heavy (non-hydrogen) atoms. The number of hydrogen-bond donors (Lipinski definition) is 1. The molecule has 0 amide bonds. The zero-order chi connectivity index (χ0) is 13.5. The molecular formula is C14H17N3O. The lowest BCUT2D eigenvalue weighted by atomic mass is 10.3. The summed E-state index contributed by atoms with van der Waals surface area (Å²) < 4.78 is 0. The average molecular weight is 243 g/mol. The topological polar surface area (TPSA) is 50.9 Å². The highest BCUT2D eigenvalue weighted by Crippen LogP contribution is 2.14. The van der Waals surface area contributed by atoms with Gasteiger partial charge in [0.25, 0.3) is 0 Å². The van der Waals surface area contributed by atoms with E-state index in [-0.39, 0.29) is 5.76 Å². The molecule has 4 heteroatoms. The summed E-state index contributed by atoms with van der Waals surface area (Å²) in [6.07, 6.45) is 10.1. The second kappa shape index (κ2) is 6.39. The lowest BCUT2D eigenvalue weighted by Gasteiger charge is -2.03. The quantitative estimate of drug-likeness (QED) is 0.637. The fourth-order valence-corrected chi connectivity index (χ4v) is 1.32. The first-order valence-electron chi connectivity index (χ1n) is 5.55. The number of aryl methyl sites for hydroxylation is 1. The monoisotopic (exact) mass is 243 g/mol. The SMILES string of the molecule is C=C/C=C\c1nn(C(=C/C=C)/C(O)=C\C)nc1C. The minimum absolute atomic E-state index is 0.101. The third kappa shape index (κ3) is 3.07. The van der Waals surface area contributed by atoms with Gasteiger partial charge in [-0.3, -0.25) is 0 Å². The molecule has 0 saturated heterocycles. The van der Waals surface area contributed by atoms with Gasteiger partial charge in [0.2, 0.25) is 0 Å². The Morgan fingerprint density at radius 2 is 2.00 bits per heavy atom. The number of aliphatic hydroxyl groups is 1. The Balaban J connectivity index is 3.23. The molecule has 0 spiro atoms. The molecule has 0 aromatic carbocycles. The Hall–Kier alpha value is -2.36. The molecule has 0 radical (unpaired) electrons. The number of aromatic nitrogens is 3. The molecular weight excluding hydrogens is 226 g/mol. The molecule has 0 aliphatic heterocycles. The number of allylic oxidation sites excluding steroid dienone is 6. The van der Waals surface area contributed by atoms with Crippen LogP contribution >= 0.6 is 0 Å². The summed E-state index contributed by atoms with van der Waals surface area (Å²) in [6.45, 7) is 10.8. The standard InChI is InChI=1S/C14H17N3O/c1-5-8-10-12-11(4)15-17(16-12)13(9-6-2)14(18)7-3/h5-10,18H,1-2H2,3-4H3/b10-8-,13-9+,14-7+. The van der Waals surface area contributed by atoms with Gasteiger partial charge in [0.05, 0.1) is 5.69 Å². The maximum Gasteiger partial charge on any atom is 0.138 e. The van der Waals surface area contributed by atoms with Crippen molar-refractivity contribution in [3.63, 3.8) is 0 Å². The second-order valence-corrected chi connectivity index (χ2v) is 3.52. The molecule has 1 N–H and O–H groups in total. The number of hydrogen-bond acceptors (Lipinski definition) is 3. The van der Waals surface area contributed by atoms with Gasteiger partial charge in [-0.25, -0.2) is 0 Å². The van der Waals surface area contributed by atoms with Crippen LogP contribution in [-0.4, -0.2) is 20.1 Å². The van der Waals surface area contributed by atoms with Gasteiger partial charge in [0.15, 0.2) is 0 Å². The summed E-state index contributed by atoms with van der Waals surface area (Å²) in [5, 5.41) is 18.3. The molecule has 1 heterocycles. The third-order valence-electron chi connectivity index (χ3n) is 2.24. The fourth-order valence-electron chi connectivity index (χ4n) is 1.32. The fraction of sp³-hybridized carbons (Fsp3) is 0.143. The van der Waals surface area contributed by atoms with E-state index in [9.17, 15) is 5.11 Å². The Bertz CT molecular complexity index is 533. The van der Waals surface area contributed by atoms with Crippen LogP contribution in [0.4, 0.5) is 0 Å². The smallest absolute Gasteiger partial charge is 0.138 e. The highest BCUT2D eigenvalue weighted by Gasteiger charge is 2.10. The Morgan fingerprint density at radius 1 is 1.28 bits per heavy atom. The highest BCUT2D eigenvalue weighted by molar-refractivity contribution is 5.61. The molecule has 4 nitrogen and oxygen atoms in total. The van der Waals surface area contributed by atoms with Gasteiger partial charge >= 0.3 is 0 Å². The first kappa shape index (κ1) is 13.7. The van der Waals surface area contributed by atoms with E-state index in [0.29, 0.717) is 5.70 Å². The van der Waals surface area contributed by atoms with E-state index in [2.05, 4.69) is 23.4 Å². The zero-order valence-corrected chi connectivity index (χ0v) is 10.7. The molecule has 94 valence electrons. The first-order chi connectivity index (χ1) is 8.63. The average Bonchev–Trinajstić information content (AvgIpc) is 2.73. The van der Waals surface area contributed by atoms with Gasteiger partial charge < -0.3 is 5.11 Å². The van der Waals surface area contributed by atoms with Crippen LogP contribution in [0, 0.1) is 6.92 Å². The van der Waals surface area contributed by atoms with Crippen molar-refractivity contribution in [2.45, 2.75) is 13.8 Å². The van der Waals surface area contributed by atoms with E-state index in [4.69, 9.17) is 0 Å². The highest BCUT2D eigenvalue weighted by atomic mass is 16.3. The van der Waals surface area contributed by atoms with E-state index < -0.39 is 0 Å². The normalized spacial score (nSPS) is 13.0. The van der Waals surface area contributed by atoms with E-state index in [0.717, 1.165) is 11.4 Å². The molecule has 0 unspecified atom stereocenters. The van der Waals surface area contributed by atoms with Gasteiger partial charge in [-0.1, -0.05) is 31.4 Å². The molecule has 0 fully saturated rings. The van der Waals surface area contributed by atoms with E-state index in [1.165, 1.54) is 4.80 Å². The minimum atomic E-state index is 0.101. The van der Waals surface area contributed by atoms with Gasteiger partial charge in [-0.15, -0.1) is 9.90 Å². The predicted molar refractivity (Wildman–Crippen MR) is 74.8 cm³/mol. The van der Waals surface area contributed by atoms with Crippen molar-refractivity contribution in [2.75, 3.05) is 0 Å². The second-order valence-electron chi connectivity index (χ2n) is 3.52. The minimum Gasteiger partial charge on any atom is -0.506 e. The molecule has 1 aromatic rings. The third-order valence-corrected chi connectivity index (χ3v) is 2.24. The summed E-state index contributed by atoms with van der Waals surface area (Å²) in [5.41, 5.74) is 1.98. The Kier molecular flexibility index (Phi) is 4.87. The van der Waals surface area contributed by atoms with Crippen LogP contribution in [0.25, 0.3) is 11.8 Å². The van der Waals surface area contributed by atoms with Crippen molar-refractivity contribution in [1.29, 1.82) is 0 Å². The summed E-state index contributed by atoms with van der Waals surface area (Å²) in [6, 6.07) is 0. The lowest BCUT2D eigenvalue weighted by Crippen LogP contribution is -2.04. The van der Waals surface area contributed by atoms with Crippen molar-refractivity contribution in [3.05, 3.63) is 60.7 Å². The Labute approximate surface area is 107 Å². The van der Waals surface area contributed by atoms with Crippen molar-refractivity contribution in [3.8, 4) is 0 Å². The van der Waals surface area contributed by atoms with Crippen LogP contribution in [0.15, 0.2) is 49.3 Å². The van der Waals surface area contributed by atoms with Gasteiger partial charge in [0.1, 0.15) is 17.2 Å². The van der Waals surface area contributed by atoms with Gasteiger partial charge in [-0.2, -0.15) is 5.10 Å². The first-order valence-corrected chi connectivity index (χ1v) is 5.55. The van der Waals surface area contributed by atoms with E-state index in [1.54, 1.807) is 37.3 Å². The molecule has 0 aliphatic rings. The molecule has 0 atom stereocenters. The molecule has 0 aliphatic carbocycles. The largest absolute Gasteiger partial charge is 0.506 e. The summed E-state index contributed by atoms with van der Waals surface area (Å²) >= 11 is 0. The van der Waals surface area contributed by atoms with Gasteiger partial charge in [0, 0.05) is 0 Å². The molecule has 1 aromatic heterocycles.